The second kappa shape index (κ2) is 4.43. The summed E-state index contributed by atoms with van der Waals surface area (Å²) in [5.41, 5.74) is 4.26. The molecule has 0 spiro atoms. The van der Waals surface area contributed by atoms with Gasteiger partial charge in [0.25, 0.3) is 0 Å². The molecule has 0 saturated carbocycles. The molecule has 0 heterocycles. The molecule has 0 fully saturated rings. The summed E-state index contributed by atoms with van der Waals surface area (Å²) in [5, 5.41) is 0. The summed E-state index contributed by atoms with van der Waals surface area (Å²) >= 11 is 0. The van der Waals surface area contributed by atoms with E-state index < -0.39 is 0 Å². The number of ether oxygens (including phenoxy) is 1. The molecular formula is C13H16O. The molecule has 0 aliphatic heterocycles. The van der Waals surface area contributed by atoms with Gasteiger partial charge in [-0.15, -0.1) is 0 Å². The number of rotatable bonds is 2. The topological polar surface area (TPSA) is 9.23 Å². The second-order valence-electron chi connectivity index (χ2n) is 3.79. The van der Waals surface area contributed by atoms with E-state index in [1.54, 1.807) is 7.11 Å². The molecule has 0 bridgehead atoms. The molecule has 0 amide bonds. The molecule has 74 valence electrons. The summed E-state index contributed by atoms with van der Waals surface area (Å²) in [4.78, 5) is 0. The lowest BCUT2D eigenvalue weighted by molar-refractivity contribution is 0.223. The molecule has 0 N–H and O–H groups in total. The molecule has 1 aromatic carbocycles. The molecule has 0 saturated heterocycles. The molecule has 1 aromatic rings. The van der Waals surface area contributed by atoms with E-state index in [2.05, 4.69) is 30.3 Å². The van der Waals surface area contributed by atoms with E-state index >= 15 is 0 Å². The van der Waals surface area contributed by atoms with Crippen LogP contribution in [0.1, 0.15) is 24.0 Å². The van der Waals surface area contributed by atoms with Gasteiger partial charge in [0.05, 0.1) is 6.61 Å². The molecule has 1 aliphatic rings. The molecule has 14 heavy (non-hydrogen) atoms. The molecule has 2 rings (SSSR count). The van der Waals surface area contributed by atoms with Gasteiger partial charge in [0.2, 0.25) is 0 Å². The van der Waals surface area contributed by atoms with Crippen LogP contribution < -0.4 is 0 Å². The Kier molecular flexibility index (Phi) is 3.00. The van der Waals surface area contributed by atoms with Gasteiger partial charge in [-0.05, 0) is 36.0 Å². The average molecular weight is 188 g/mol. The highest BCUT2D eigenvalue weighted by molar-refractivity contribution is 5.57. The maximum absolute atomic E-state index is 5.18. The standard InChI is InChI=1S/C13H16O/c1-14-10-11-5-4-8-12-6-2-3-7-13(12)9-11/h2-3,6-7,9H,4-5,8,10H2,1H3. The number of fused-ring (bicyclic) bond motifs is 1. The minimum absolute atomic E-state index is 0.772. The van der Waals surface area contributed by atoms with Crippen LogP contribution in [0.2, 0.25) is 0 Å². The van der Waals surface area contributed by atoms with Gasteiger partial charge in [0.15, 0.2) is 0 Å². The largest absolute Gasteiger partial charge is 0.380 e. The van der Waals surface area contributed by atoms with Crippen molar-refractivity contribution in [2.45, 2.75) is 19.3 Å². The zero-order valence-electron chi connectivity index (χ0n) is 8.62. The third-order valence-electron chi connectivity index (χ3n) is 2.69. The predicted octanol–water partition coefficient (Wildman–Crippen LogP) is 3.05. The van der Waals surface area contributed by atoms with E-state index in [-0.39, 0.29) is 0 Å². The van der Waals surface area contributed by atoms with Crippen LogP contribution in [0, 0.1) is 0 Å². The van der Waals surface area contributed by atoms with E-state index in [1.165, 1.54) is 36.0 Å². The first-order chi connectivity index (χ1) is 6.90. The Labute approximate surface area is 85.4 Å². The predicted molar refractivity (Wildman–Crippen MR) is 59.2 cm³/mol. The third kappa shape index (κ3) is 2.05. The maximum atomic E-state index is 5.18. The average Bonchev–Trinajstić information content (AvgIpc) is 2.40. The summed E-state index contributed by atoms with van der Waals surface area (Å²) < 4.78 is 5.18. The second-order valence-corrected chi connectivity index (χ2v) is 3.79. The van der Waals surface area contributed by atoms with Crippen LogP contribution in [0.5, 0.6) is 0 Å². The normalized spacial score (nSPS) is 15.6. The lowest BCUT2D eigenvalue weighted by Crippen LogP contribution is -1.93. The fourth-order valence-corrected chi connectivity index (χ4v) is 2.00. The van der Waals surface area contributed by atoms with E-state index in [9.17, 15) is 0 Å². The van der Waals surface area contributed by atoms with Crippen LogP contribution in [0.15, 0.2) is 29.8 Å². The van der Waals surface area contributed by atoms with Crippen molar-refractivity contribution in [3.05, 3.63) is 41.0 Å². The maximum Gasteiger partial charge on any atom is 0.0676 e. The van der Waals surface area contributed by atoms with Crippen molar-refractivity contribution in [3.8, 4) is 0 Å². The summed E-state index contributed by atoms with van der Waals surface area (Å²) in [6.45, 7) is 0.772. The first kappa shape index (κ1) is 9.47. The summed E-state index contributed by atoms with van der Waals surface area (Å²) in [7, 11) is 1.76. The Bertz CT molecular complexity index is 339. The highest BCUT2D eigenvalue weighted by Gasteiger charge is 2.07. The first-order valence-electron chi connectivity index (χ1n) is 5.16. The Morgan fingerprint density at radius 3 is 2.93 bits per heavy atom. The number of hydrogen-bond acceptors (Lipinski definition) is 1. The lowest BCUT2D eigenvalue weighted by atomic mass is 10.1. The highest BCUT2D eigenvalue weighted by atomic mass is 16.5. The minimum atomic E-state index is 0.772. The van der Waals surface area contributed by atoms with Crippen LogP contribution >= 0.6 is 0 Å². The van der Waals surface area contributed by atoms with Gasteiger partial charge in [0.1, 0.15) is 0 Å². The zero-order valence-corrected chi connectivity index (χ0v) is 8.62. The Hall–Kier alpha value is -1.08. The van der Waals surface area contributed by atoms with Gasteiger partial charge < -0.3 is 4.74 Å². The number of benzene rings is 1. The van der Waals surface area contributed by atoms with E-state index in [1.807, 2.05) is 0 Å². The van der Waals surface area contributed by atoms with Crippen molar-refractivity contribution in [2.24, 2.45) is 0 Å². The highest BCUT2D eigenvalue weighted by Crippen LogP contribution is 2.22. The molecule has 0 unspecified atom stereocenters. The van der Waals surface area contributed by atoms with Crippen molar-refractivity contribution in [2.75, 3.05) is 13.7 Å². The van der Waals surface area contributed by atoms with Crippen LogP contribution in [0.4, 0.5) is 0 Å². The van der Waals surface area contributed by atoms with Gasteiger partial charge in [-0.25, -0.2) is 0 Å². The first-order valence-corrected chi connectivity index (χ1v) is 5.16. The molecule has 1 heteroatoms. The van der Waals surface area contributed by atoms with Crippen LogP contribution in [0.25, 0.3) is 6.08 Å². The molecule has 1 aliphatic carbocycles. The minimum Gasteiger partial charge on any atom is -0.380 e. The van der Waals surface area contributed by atoms with Gasteiger partial charge in [-0.3, -0.25) is 0 Å². The smallest absolute Gasteiger partial charge is 0.0676 e. The Balaban J connectivity index is 2.30. The van der Waals surface area contributed by atoms with Crippen molar-refractivity contribution in [1.82, 2.24) is 0 Å². The van der Waals surface area contributed by atoms with E-state index in [4.69, 9.17) is 4.74 Å². The molecule has 0 aromatic heterocycles. The SMILES string of the molecule is COCC1=Cc2ccccc2CCC1. The fourth-order valence-electron chi connectivity index (χ4n) is 2.00. The van der Waals surface area contributed by atoms with Gasteiger partial charge in [-0.1, -0.05) is 30.3 Å². The summed E-state index contributed by atoms with van der Waals surface area (Å²) in [6.07, 6.45) is 5.89. The quantitative estimate of drug-likeness (QED) is 0.693. The molecule has 0 radical (unpaired) electrons. The zero-order chi connectivity index (χ0) is 9.80. The van der Waals surface area contributed by atoms with Crippen LogP contribution in [0.3, 0.4) is 0 Å². The van der Waals surface area contributed by atoms with Crippen molar-refractivity contribution >= 4 is 6.08 Å². The fraction of sp³-hybridized carbons (Fsp3) is 0.385. The van der Waals surface area contributed by atoms with Crippen LogP contribution in [-0.2, 0) is 11.2 Å². The number of methoxy groups -OCH3 is 1. The van der Waals surface area contributed by atoms with Crippen LogP contribution in [-0.4, -0.2) is 13.7 Å². The monoisotopic (exact) mass is 188 g/mol. The van der Waals surface area contributed by atoms with E-state index in [0.29, 0.717) is 0 Å². The lowest BCUT2D eigenvalue weighted by Gasteiger charge is -2.02. The Morgan fingerprint density at radius 2 is 2.07 bits per heavy atom. The van der Waals surface area contributed by atoms with Crippen molar-refractivity contribution < 1.29 is 4.74 Å². The van der Waals surface area contributed by atoms with Gasteiger partial charge in [-0.2, -0.15) is 0 Å². The summed E-state index contributed by atoms with van der Waals surface area (Å²) in [6, 6.07) is 8.64. The Morgan fingerprint density at radius 1 is 1.21 bits per heavy atom. The van der Waals surface area contributed by atoms with Gasteiger partial charge in [0, 0.05) is 7.11 Å². The van der Waals surface area contributed by atoms with E-state index in [0.717, 1.165) is 6.61 Å². The number of aryl methyl sites for hydroxylation is 1. The van der Waals surface area contributed by atoms with Gasteiger partial charge >= 0.3 is 0 Å². The summed E-state index contributed by atoms with van der Waals surface area (Å²) in [5.74, 6) is 0. The molecular weight excluding hydrogens is 172 g/mol. The van der Waals surface area contributed by atoms with Crippen molar-refractivity contribution in [1.29, 1.82) is 0 Å². The molecule has 0 atom stereocenters. The third-order valence-corrected chi connectivity index (χ3v) is 2.69. The number of hydrogen-bond donors (Lipinski definition) is 0. The van der Waals surface area contributed by atoms with Crippen molar-refractivity contribution in [3.63, 3.8) is 0 Å². The molecule has 1 nitrogen and oxygen atoms in total.